The molecule has 0 aliphatic carbocycles. The van der Waals surface area contributed by atoms with Gasteiger partial charge in [-0.25, -0.2) is 0 Å². The molecule has 2 rings (SSSR count). The maximum Gasteiger partial charge on any atom is 0.254 e. The monoisotopic (exact) mass is 344 g/mol. The van der Waals surface area contributed by atoms with E-state index in [1.807, 2.05) is 39.0 Å². The van der Waals surface area contributed by atoms with E-state index in [4.69, 9.17) is 0 Å². The summed E-state index contributed by atoms with van der Waals surface area (Å²) in [6, 6.07) is 8.98. The third-order valence-corrected chi connectivity index (χ3v) is 3.89. The van der Waals surface area contributed by atoms with Crippen LogP contribution in [0.2, 0.25) is 0 Å². The Bertz CT molecular complexity index is 726. The first-order chi connectivity index (χ1) is 11.8. The highest BCUT2D eigenvalue weighted by Crippen LogP contribution is 2.07. The zero-order valence-corrected chi connectivity index (χ0v) is 15.1. The highest BCUT2D eigenvalue weighted by atomic mass is 16.2. The van der Waals surface area contributed by atoms with E-state index < -0.39 is 0 Å². The van der Waals surface area contributed by atoms with Crippen LogP contribution < -0.4 is 5.32 Å². The van der Waals surface area contributed by atoms with E-state index in [0.717, 1.165) is 6.42 Å². The van der Waals surface area contributed by atoms with Gasteiger partial charge < -0.3 is 10.2 Å². The number of benzene rings is 1. The second-order valence-corrected chi connectivity index (χ2v) is 6.55. The minimum absolute atomic E-state index is 0.00717. The first-order valence-corrected chi connectivity index (χ1v) is 8.19. The van der Waals surface area contributed by atoms with Crippen molar-refractivity contribution in [2.24, 2.45) is 0 Å². The SMILES string of the molecule is CCC(C)(C)NC(=O)Cn1nnc(CN(C)C(=O)c2ccccc2)n1. The van der Waals surface area contributed by atoms with E-state index in [-0.39, 0.29) is 30.4 Å². The van der Waals surface area contributed by atoms with E-state index in [1.54, 1.807) is 19.2 Å². The van der Waals surface area contributed by atoms with Gasteiger partial charge in [0, 0.05) is 18.2 Å². The number of nitrogens with zero attached hydrogens (tertiary/aromatic N) is 5. The summed E-state index contributed by atoms with van der Waals surface area (Å²) in [6.07, 6.45) is 0.821. The molecule has 2 amide bonds. The van der Waals surface area contributed by atoms with E-state index in [9.17, 15) is 9.59 Å². The summed E-state index contributed by atoms with van der Waals surface area (Å²) in [5.41, 5.74) is 0.321. The number of carbonyl (C=O) groups excluding carboxylic acids is 2. The third-order valence-electron chi connectivity index (χ3n) is 3.89. The quantitative estimate of drug-likeness (QED) is 0.816. The fraction of sp³-hybridized carbons (Fsp3) is 0.471. The van der Waals surface area contributed by atoms with Crippen molar-refractivity contribution in [3.63, 3.8) is 0 Å². The molecule has 0 unspecified atom stereocenters. The first kappa shape index (κ1) is 18.6. The van der Waals surface area contributed by atoms with Gasteiger partial charge in [-0.1, -0.05) is 25.1 Å². The zero-order valence-electron chi connectivity index (χ0n) is 15.1. The Labute approximate surface area is 147 Å². The van der Waals surface area contributed by atoms with Crippen LogP contribution in [0.5, 0.6) is 0 Å². The summed E-state index contributed by atoms with van der Waals surface area (Å²) >= 11 is 0. The van der Waals surface area contributed by atoms with Gasteiger partial charge in [0.1, 0.15) is 6.54 Å². The molecular formula is C17H24N6O2. The van der Waals surface area contributed by atoms with Crippen molar-refractivity contribution in [2.75, 3.05) is 7.05 Å². The largest absolute Gasteiger partial charge is 0.350 e. The van der Waals surface area contributed by atoms with Gasteiger partial charge in [-0.3, -0.25) is 9.59 Å². The third kappa shape index (κ3) is 5.37. The molecule has 1 N–H and O–H groups in total. The predicted molar refractivity (Wildman–Crippen MR) is 92.6 cm³/mol. The molecule has 2 aromatic rings. The number of carbonyl (C=O) groups is 2. The highest BCUT2D eigenvalue weighted by molar-refractivity contribution is 5.93. The van der Waals surface area contributed by atoms with Gasteiger partial charge in [0.2, 0.25) is 5.91 Å². The molecule has 0 atom stereocenters. The van der Waals surface area contributed by atoms with Gasteiger partial charge in [0.25, 0.3) is 5.91 Å². The average molecular weight is 344 g/mol. The smallest absolute Gasteiger partial charge is 0.254 e. The Hall–Kier alpha value is -2.77. The minimum Gasteiger partial charge on any atom is -0.350 e. The molecule has 25 heavy (non-hydrogen) atoms. The molecule has 0 saturated carbocycles. The molecule has 134 valence electrons. The van der Waals surface area contributed by atoms with Crippen molar-refractivity contribution in [3.05, 3.63) is 41.7 Å². The maximum absolute atomic E-state index is 12.3. The van der Waals surface area contributed by atoms with E-state index >= 15 is 0 Å². The maximum atomic E-state index is 12.3. The van der Waals surface area contributed by atoms with Gasteiger partial charge in [0.15, 0.2) is 5.82 Å². The van der Waals surface area contributed by atoms with Crippen molar-refractivity contribution in [2.45, 2.75) is 45.8 Å². The number of aromatic nitrogens is 4. The Kier molecular flexibility index (Phi) is 5.84. The van der Waals surface area contributed by atoms with Crippen LogP contribution in [0.4, 0.5) is 0 Å². The fourth-order valence-corrected chi connectivity index (χ4v) is 2.13. The number of hydrogen-bond acceptors (Lipinski definition) is 5. The number of nitrogens with one attached hydrogen (secondary N) is 1. The van der Waals surface area contributed by atoms with Gasteiger partial charge in [-0.15, -0.1) is 10.2 Å². The van der Waals surface area contributed by atoms with Gasteiger partial charge >= 0.3 is 0 Å². The van der Waals surface area contributed by atoms with Crippen molar-refractivity contribution in [1.29, 1.82) is 0 Å². The van der Waals surface area contributed by atoms with Gasteiger partial charge in [0.05, 0.1) is 6.54 Å². The van der Waals surface area contributed by atoms with Gasteiger partial charge in [-0.05, 0) is 37.6 Å². The summed E-state index contributed by atoms with van der Waals surface area (Å²) < 4.78 is 0. The Morgan fingerprint density at radius 2 is 1.92 bits per heavy atom. The highest BCUT2D eigenvalue weighted by Gasteiger charge is 2.19. The molecule has 1 aromatic heterocycles. The van der Waals surface area contributed by atoms with Crippen molar-refractivity contribution >= 4 is 11.8 Å². The lowest BCUT2D eigenvalue weighted by Crippen LogP contribution is -2.44. The number of amides is 2. The normalized spacial score (nSPS) is 11.2. The number of tetrazole rings is 1. The van der Waals surface area contributed by atoms with Crippen LogP contribution in [0.25, 0.3) is 0 Å². The molecule has 0 aliphatic heterocycles. The first-order valence-electron chi connectivity index (χ1n) is 8.19. The molecule has 0 radical (unpaired) electrons. The van der Waals surface area contributed by atoms with Crippen molar-refractivity contribution in [1.82, 2.24) is 30.4 Å². The van der Waals surface area contributed by atoms with E-state index in [2.05, 4.69) is 20.7 Å². The molecule has 1 aromatic carbocycles. The van der Waals surface area contributed by atoms with Crippen molar-refractivity contribution in [3.8, 4) is 0 Å². The predicted octanol–water partition coefficient (Wildman–Crippen LogP) is 1.25. The molecule has 0 bridgehead atoms. The molecule has 0 aliphatic rings. The van der Waals surface area contributed by atoms with Crippen LogP contribution in [0.15, 0.2) is 30.3 Å². The van der Waals surface area contributed by atoms with Crippen LogP contribution in [-0.4, -0.2) is 49.5 Å². The average Bonchev–Trinajstić information content (AvgIpc) is 3.01. The Morgan fingerprint density at radius 3 is 2.56 bits per heavy atom. The molecule has 0 saturated heterocycles. The Balaban J connectivity index is 1.93. The molecule has 8 nitrogen and oxygen atoms in total. The molecular weight excluding hydrogens is 320 g/mol. The lowest BCUT2D eigenvalue weighted by Gasteiger charge is -2.24. The second kappa shape index (κ2) is 7.87. The topological polar surface area (TPSA) is 93.0 Å². The fourth-order valence-electron chi connectivity index (χ4n) is 2.13. The summed E-state index contributed by atoms with van der Waals surface area (Å²) in [6.45, 7) is 6.12. The molecule has 8 heteroatoms. The lowest BCUT2D eigenvalue weighted by atomic mass is 10.0. The van der Waals surface area contributed by atoms with E-state index in [1.165, 1.54) is 9.70 Å². The number of rotatable bonds is 7. The summed E-state index contributed by atoms with van der Waals surface area (Å²) in [4.78, 5) is 27.1. The number of hydrogen-bond donors (Lipinski definition) is 1. The van der Waals surface area contributed by atoms with E-state index in [0.29, 0.717) is 11.4 Å². The van der Waals surface area contributed by atoms with Crippen LogP contribution in [0.1, 0.15) is 43.4 Å². The molecule has 0 fully saturated rings. The summed E-state index contributed by atoms with van der Waals surface area (Å²) in [5.74, 6) is 0.0817. The van der Waals surface area contributed by atoms with Crippen LogP contribution in [0, 0.1) is 0 Å². The van der Waals surface area contributed by atoms with Crippen LogP contribution >= 0.6 is 0 Å². The molecule has 1 heterocycles. The van der Waals surface area contributed by atoms with Gasteiger partial charge in [-0.2, -0.15) is 4.80 Å². The zero-order chi connectivity index (χ0) is 18.4. The van der Waals surface area contributed by atoms with Crippen molar-refractivity contribution < 1.29 is 9.59 Å². The minimum atomic E-state index is -0.275. The lowest BCUT2D eigenvalue weighted by molar-refractivity contribution is -0.123. The second-order valence-electron chi connectivity index (χ2n) is 6.55. The standard InChI is InChI=1S/C17H24N6O2/c1-5-17(2,3)18-15(24)12-23-20-14(19-21-23)11-22(4)16(25)13-9-7-6-8-10-13/h6-10H,5,11-12H2,1-4H3,(H,18,24). The summed E-state index contributed by atoms with van der Waals surface area (Å²) in [5, 5.41) is 14.9. The van der Waals surface area contributed by atoms with Crippen LogP contribution in [-0.2, 0) is 17.9 Å². The Morgan fingerprint density at radius 1 is 1.24 bits per heavy atom. The van der Waals surface area contributed by atoms with Crippen LogP contribution in [0.3, 0.4) is 0 Å². The summed E-state index contributed by atoms with van der Waals surface area (Å²) in [7, 11) is 1.67. The molecule has 0 spiro atoms.